The van der Waals surface area contributed by atoms with Gasteiger partial charge in [-0.1, -0.05) is 34.8 Å². The van der Waals surface area contributed by atoms with Crippen LogP contribution in [-0.4, -0.2) is 13.0 Å². The minimum atomic E-state index is -0.395. The number of carbonyl (C=O) groups excluding carboxylic acids is 1. The zero-order chi connectivity index (χ0) is 15.6. The van der Waals surface area contributed by atoms with Gasteiger partial charge in [-0.3, -0.25) is 4.79 Å². The van der Waals surface area contributed by atoms with Gasteiger partial charge in [0.2, 0.25) is 0 Å². The van der Waals surface area contributed by atoms with Gasteiger partial charge in [-0.15, -0.1) is 0 Å². The molecule has 0 aliphatic heterocycles. The molecule has 21 heavy (non-hydrogen) atoms. The third kappa shape index (κ3) is 3.53. The number of amides is 1. The van der Waals surface area contributed by atoms with E-state index in [2.05, 4.69) is 5.32 Å². The van der Waals surface area contributed by atoms with E-state index in [1.165, 1.54) is 19.2 Å². The number of anilines is 2. The number of hydrogen-bond donors (Lipinski definition) is 2. The molecule has 0 bridgehead atoms. The summed E-state index contributed by atoms with van der Waals surface area (Å²) in [6.07, 6.45) is 0. The molecule has 110 valence electrons. The predicted octanol–water partition coefficient (Wildman–Crippen LogP) is 4.49. The lowest BCUT2D eigenvalue weighted by molar-refractivity contribution is 0.102. The summed E-state index contributed by atoms with van der Waals surface area (Å²) < 4.78 is 5.03. The highest BCUT2D eigenvalue weighted by molar-refractivity contribution is 6.38. The molecule has 0 aromatic heterocycles. The summed E-state index contributed by atoms with van der Waals surface area (Å²) in [5, 5.41) is 3.50. The number of nitrogen functional groups attached to an aromatic ring is 1. The largest absolute Gasteiger partial charge is 0.494 e. The van der Waals surface area contributed by atoms with Crippen LogP contribution in [0.1, 0.15) is 10.4 Å². The Balaban J connectivity index is 2.28. The van der Waals surface area contributed by atoms with Crippen molar-refractivity contribution in [1.82, 2.24) is 0 Å². The van der Waals surface area contributed by atoms with Gasteiger partial charge in [-0.2, -0.15) is 0 Å². The smallest absolute Gasteiger partial charge is 0.255 e. The van der Waals surface area contributed by atoms with Gasteiger partial charge < -0.3 is 15.8 Å². The van der Waals surface area contributed by atoms with E-state index in [1.807, 2.05) is 0 Å². The van der Waals surface area contributed by atoms with Crippen LogP contribution >= 0.6 is 34.8 Å². The quantitative estimate of drug-likeness (QED) is 0.806. The van der Waals surface area contributed by atoms with Crippen molar-refractivity contribution >= 4 is 52.1 Å². The van der Waals surface area contributed by atoms with Crippen LogP contribution in [0, 0.1) is 0 Å². The van der Waals surface area contributed by atoms with Crippen molar-refractivity contribution in [1.29, 1.82) is 0 Å². The van der Waals surface area contributed by atoms with Crippen molar-refractivity contribution in [2.24, 2.45) is 0 Å². The molecule has 0 radical (unpaired) electrons. The molecule has 2 aromatic carbocycles. The Morgan fingerprint density at radius 1 is 1.10 bits per heavy atom. The number of ether oxygens (including phenoxy) is 1. The first-order chi connectivity index (χ1) is 9.92. The van der Waals surface area contributed by atoms with Gasteiger partial charge in [0.1, 0.15) is 0 Å². The summed E-state index contributed by atoms with van der Waals surface area (Å²) in [7, 11) is 1.45. The van der Waals surface area contributed by atoms with E-state index in [1.54, 1.807) is 18.2 Å². The van der Waals surface area contributed by atoms with Crippen molar-refractivity contribution in [2.45, 2.75) is 0 Å². The van der Waals surface area contributed by atoms with Crippen LogP contribution in [0.25, 0.3) is 0 Å². The highest BCUT2D eigenvalue weighted by Gasteiger charge is 2.14. The average Bonchev–Trinajstić information content (AvgIpc) is 2.41. The van der Waals surface area contributed by atoms with Gasteiger partial charge in [-0.25, -0.2) is 0 Å². The number of hydrogen-bond acceptors (Lipinski definition) is 3. The molecule has 7 heteroatoms. The molecule has 0 atom stereocenters. The Morgan fingerprint density at radius 3 is 2.24 bits per heavy atom. The lowest BCUT2D eigenvalue weighted by atomic mass is 10.2. The third-order valence-electron chi connectivity index (χ3n) is 2.71. The molecule has 0 aliphatic rings. The monoisotopic (exact) mass is 344 g/mol. The topological polar surface area (TPSA) is 64.3 Å². The van der Waals surface area contributed by atoms with Crippen LogP contribution < -0.4 is 15.8 Å². The number of rotatable bonds is 3. The number of halogens is 3. The van der Waals surface area contributed by atoms with Crippen LogP contribution in [0.5, 0.6) is 5.75 Å². The number of benzene rings is 2. The van der Waals surface area contributed by atoms with Crippen molar-refractivity contribution in [3.8, 4) is 5.75 Å². The Hall–Kier alpha value is -1.62. The van der Waals surface area contributed by atoms with E-state index in [0.29, 0.717) is 27.7 Å². The lowest BCUT2D eigenvalue weighted by Crippen LogP contribution is -2.12. The molecule has 2 aromatic rings. The van der Waals surface area contributed by atoms with Crippen LogP contribution in [-0.2, 0) is 0 Å². The summed E-state index contributed by atoms with van der Waals surface area (Å²) in [5.41, 5.74) is 6.84. The fraction of sp³-hybridized carbons (Fsp3) is 0.0714. The fourth-order valence-corrected chi connectivity index (χ4v) is 2.59. The predicted molar refractivity (Wildman–Crippen MR) is 86.8 cm³/mol. The molecule has 0 unspecified atom stereocenters. The van der Waals surface area contributed by atoms with Gasteiger partial charge in [0.05, 0.1) is 27.9 Å². The molecule has 2 rings (SSSR count). The first-order valence-corrected chi connectivity index (χ1v) is 6.95. The number of carbonyl (C=O) groups is 1. The van der Waals surface area contributed by atoms with Gasteiger partial charge in [0, 0.05) is 11.3 Å². The maximum Gasteiger partial charge on any atom is 0.255 e. The number of nitrogens with two attached hydrogens (primary N) is 1. The molecular formula is C14H11Cl3N2O2. The van der Waals surface area contributed by atoms with Crippen molar-refractivity contribution < 1.29 is 9.53 Å². The maximum absolute atomic E-state index is 12.2. The van der Waals surface area contributed by atoms with Crippen molar-refractivity contribution in [3.63, 3.8) is 0 Å². The lowest BCUT2D eigenvalue weighted by Gasteiger charge is -2.10. The van der Waals surface area contributed by atoms with E-state index >= 15 is 0 Å². The minimum absolute atomic E-state index is 0.249. The van der Waals surface area contributed by atoms with E-state index in [0.717, 1.165) is 0 Å². The van der Waals surface area contributed by atoms with Crippen LogP contribution in [0.4, 0.5) is 11.4 Å². The average molecular weight is 346 g/mol. The maximum atomic E-state index is 12.2. The molecule has 1 amide bonds. The standard InChI is InChI=1S/C14H11Cl3N2O2/c1-21-13-10(16)4-7(5-11(13)17)14(20)19-12-3-2-8(18)6-9(12)15/h2-6H,18H2,1H3,(H,19,20). The second-order valence-corrected chi connectivity index (χ2v) is 5.39. The van der Waals surface area contributed by atoms with E-state index in [4.69, 9.17) is 45.3 Å². The second-order valence-electron chi connectivity index (χ2n) is 4.17. The number of methoxy groups -OCH3 is 1. The zero-order valence-electron chi connectivity index (χ0n) is 10.9. The molecule has 4 nitrogen and oxygen atoms in total. The zero-order valence-corrected chi connectivity index (χ0v) is 13.2. The molecule has 0 saturated carbocycles. The van der Waals surface area contributed by atoms with Crippen LogP contribution in [0.3, 0.4) is 0 Å². The normalized spacial score (nSPS) is 10.3. The molecule has 0 fully saturated rings. The molecule has 0 heterocycles. The second kappa shape index (κ2) is 6.43. The summed E-state index contributed by atoms with van der Waals surface area (Å²) in [5.74, 6) is -0.0754. The summed E-state index contributed by atoms with van der Waals surface area (Å²) in [6.45, 7) is 0. The molecular weight excluding hydrogens is 335 g/mol. The van der Waals surface area contributed by atoms with Gasteiger partial charge in [0.25, 0.3) is 5.91 Å². The van der Waals surface area contributed by atoms with E-state index < -0.39 is 5.91 Å². The van der Waals surface area contributed by atoms with E-state index in [-0.39, 0.29) is 10.0 Å². The molecule has 0 spiro atoms. The highest BCUT2D eigenvalue weighted by atomic mass is 35.5. The fourth-order valence-electron chi connectivity index (χ4n) is 1.71. The highest BCUT2D eigenvalue weighted by Crippen LogP contribution is 2.34. The van der Waals surface area contributed by atoms with E-state index in [9.17, 15) is 4.79 Å². The van der Waals surface area contributed by atoms with Crippen molar-refractivity contribution in [3.05, 3.63) is 51.0 Å². The Kier molecular flexibility index (Phi) is 4.83. The Morgan fingerprint density at radius 2 is 1.71 bits per heavy atom. The Labute approximate surface area is 136 Å². The third-order valence-corrected chi connectivity index (χ3v) is 3.58. The van der Waals surface area contributed by atoms with Gasteiger partial charge >= 0.3 is 0 Å². The molecule has 3 N–H and O–H groups in total. The summed E-state index contributed by atoms with van der Waals surface area (Å²) >= 11 is 18.0. The minimum Gasteiger partial charge on any atom is -0.494 e. The first kappa shape index (κ1) is 15.8. The summed E-state index contributed by atoms with van der Waals surface area (Å²) in [6, 6.07) is 7.72. The molecule has 0 aliphatic carbocycles. The van der Waals surface area contributed by atoms with Gasteiger partial charge in [-0.05, 0) is 30.3 Å². The molecule has 0 saturated heterocycles. The van der Waals surface area contributed by atoms with Crippen LogP contribution in [0.2, 0.25) is 15.1 Å². The van der Waals surface area contributed by atoms with Crippen LogP contribution in [0.15, 0.2) is 30.3 Å². The SMILES string of the molecule is COc1c(Cl)cc(C(=O)Nc2ccc(N)cc2Cl)cc1Cl. The van der Waals surface area contributed by atoms with Gasteiger partial charge in [0.15, 0.2) is 5.75 Å². The summed E-state index contributed by atoms with van der Waals surface area (Å²) in [4.78, 5) is 12.2. The first-order valence-electron chi connectivity index (χ1n) is 5.81. The Bertz CT molecular complexity index is 682. The van der Waals surface area contributed by atoms with Crippen molar-refractivity contribution in [2.75, 3.05) is 18.2 Å². The number of nitrogens with one attached hydrogen (secondary N) is 1.